The van der Waals surface area contributed by atoms with Crippen molar-refractivity contribution in [2.24, 2.45) is 0 Å². The summed E-state index contributed by atoms with van der Waals surface area (Å²) >= 11 is 1.10. The van der Waals surface area contributed by atoms with E-state index in [4.69, 9.17) is 9.84 Å². The van der Waals surface area contributed by atoms with Gasteiger partial charge in [-0.2, -0.15) is 0 Å². The zero-order chi connectivity index (χ0) is 14.4. The number of aliphatic hydroxyl groups excluding tert-OH is 1. The van der Waals surface area contributed by atoms with Gasteiger partial charge in [-0.25, -0.2) is 13.1 Å². The van der Waals surface area contributed by atoms with E-state index in [-0.39, 0.29) is 10.8 Å². The van der Waals surface area contributed by atoms with Gasteiger partial charge in [0.05, 0.1) is 19.8 Å². The average molecular weight is 320 g/mol. The van der Waals surface area contributed by atoms with Crippen molar-refractivity contribution in [2.75, 3.05) is 39.4 Å². The molecule has 2 rings (SSSR count). The van der Waals surface area contributed by atoms with E-state index in [1.165, 1.54) is 6.07 Å². The van der Waals surface area contributed by atoms with E-state index in [0.717, 1.165) is 50.6 Å². The number of hydrogen-bond donors (Lipinski definition) is 2. The fourth-order valence-corrected chi connectivity index (χ4v) is 4.33. The van der Waals surface area contributed by atoms with Gasteiger partial charge in [0.15, 0.2) is 0 Å². The summed E-state index contributed by atoms with van der Waals surface area (Å²) in [6.07, 6.45) is 0.775. The summed E-state index contributed by atoms with van der Waals surface area (Å²) in [5.74, 6) is 0. The molecule has 0 aliphatic carbocycles. The number of nitrogens with one attached hydrogen (secondary N) is 1. The summed E-state index contributed by atoms with van der Waals surface area (Å²) in [7, 11) is -3.44. The van der Waals surface area contributed by atoms with Crippen LogP contribution in [0.4, 0.5) is 0 Å². The highest BCUT2D eigenvalue weighted by atomic mass is 32.2. The highest BCUT2D eigenvalue weighted by molar-refractivity contribution is 7.91. The van der Waals surface area contributed by atoms with Gasteiger partial charge in [-0.1, -0.05) is 0 Å². The lowest BCUT2D eigenvalue weighted by molar-refractivity contribution is 0.0376. The smallest absolute Gasteiger partial charge is 0.250 e. The van der Waals surface area contributed by atoms with Crippen molar-refractivity contribution in [3.8, 4) is 0 Å². The van der Waals surface area contributed by atoms with E-state index in [0.29, 0.717) is 11.4 Å². The lowest BCUT2D eigenvalue weighted by Gasteiger charge is -2.26. The third-order valence-electron chi connectivity index (χ3n) is 3.10. The van der Waals surface area contributed by atoms with Crippen LogP contribution in [-0.2, 0) is 21.4 Å². The first-order valence-electron chi connectivity index (χ1n) is 6.61. The van der Waals surface area contributed by atoms with Crippen molar-refractivity contribution < 1.29 is 18.3 Å². The molecule has 1 aliphatic heterocycles. The number of hydrogen-bond acceptors (Lipinski definition) is 6. The van der Waals surface area contributed by atoms with Gasteiger partial charge in [0.25, 0.3) is 0 Å². The second kappa shape index (κ2) is 7.48. The van der Waals surface area contributed by atoms with Crippen LogP contribution in [0.15, 0.2) is 16.3 Å². The molecule has 2 N–H and O–H groups in total. The summed E-state index contributed by atoms with van der Waals surface area (Å²) in [6, 6.07) is 3.16. The lowest BCUT2D eigenvalue weighted by Crippen LogP contribution is -2.38. The number of morpholine rings is 1. The van der Waals surface area contributed by atoms with Gasteiger partial charge in [-0.05, 0) is 25.1 Å². The van der Waals surface area contributed by atoms with Crippen LogP contribution in [0.2, 0.25) is 0 Å². The third kappa shape index (κ3) is 4.51. The maximum Gasteiger partial charge on any atom is 0.250 e. The molecule has 0 aromatic carbocycles. The molecular weight excluding hydrogens is 300 g/mol. The maximum atomic E-state index is 12.0. The Morgan fingerprint density at radius 1 is 1.35 bits per heavy atom. The van der Waals surface area contributed by atoms with Crippen LogP contribution in [0.5, 0.6) is 0 Å². The Morgan fingerprint density at radius 3 is 2.75 bits per heavy atom. The average Bonchev–Trinajstić information content (AvgIpc) is 2.95. The van der Waals surface area contributed by atoms with Gasteiger partial charge in [0.2, 0.25) is 10.0 Å². The molecule has 2 heterocycles. The minimum absolute atomic E-state index is 0.128. The molecule has 1 saturated heterocycles. The summed E-state index contributed by atoms with van der Waals surface area (Å²) in [5, 5.41) is 8.95. The SMILES string of the molecule is O=S(=O)(NCCCN1CCOCC1)c1ccc(CO)s1. The summed E-state index contributed by atoms with van der Waals surface area (Å²) < 4.78 is 32.1. The molecule has 8 heteroatoms. The fourth-order valence-electron chi connectivity index (χ4n) is 1.99. The summed E-state index contributed by atoms with van der Waals surface area (Å²) in [4.78, 5) is 2.92. The van der Waals surface area contributed by atoms with Gasteiger partial charge < -0.3 is 9.84 Å². The Labute approximate surface area is 123 Å². The van der Waals surface area contributed by atoms with Gasteiger partial charge in [-0.3, -0.25) is 4.90 Å². The standard InChI is InChI=1S/C12H20N2O4S2/c15-10-11-2-3-12(19-11)20(16,17)13-4-1-5-14-6-8-18-9-7-14/h2-3,13,15H,1,4-10H2. The molecule has 20 heavy (non-hydrogen) atoms. The Hall–Kier alpha value is -0.510. The van der Waals surface area contributed by atoms with Gasteiger partial charge >= 0.3 is 0 Å². The predicted molar refractivity (Wildman–Crippen MR) is 77.3 cm³/mol. The normalized spacial score (nSPS) is 17.4. The topological polar surface area (TPSA) is 78.9 Å². The number of thiophene rings is 1. The molecule has 1 aliphatic rings. The molecule has 1 aromatic heterocycles. The predicted octanol–water partition coefficient (Wildman–Crippen LogP) is 0.241. The van der Waals surface area contributed by atoms with Crippen LogP contribution < -0.4 is 4.72 Å². The van der Waals surface area contributed by atoms with Crippen LogP contribution in [0.1, 0.15) is 11.3 Å². The number of ether oxygens (including phenoxy) is 1. The quantitative estimate of drug-likeness (QED) is 0.704. The first-order chi connectivity index (χ1) is 9.62. The molecule has 6 nitrogen and oxygen atoms in total. The molecular formula is C12H20N2O4S2. The first kappa shape index (κ1) is 15.9. The van der Waals surface area contributed by atoms with Gasteiger partial charge in [0.1, 0.15) is 4.21 Å². The molecule has 0 unspecified atom stereocenters. The molecule has 0 atom stereocenters. The summed E-state index contributed by atoms with van der Waals surface area (Å²) in [5.41, 5.74) is 0. The van der Waals surface area contributed by atoms with Crippen LogP contribution >= 0.6 is 11.3 Å². The van der Waals surface area contributed by atoms with Crippen molar-refractivity contribution in [3.63, 3.8) is 0 Å². The number of nitrogens with zero attached hydrogens (tertiary/aromatic N) is 1. The number of rotatable bonds is 7. The van der Waals surface area contributed by atoms with Crippen molar-refractivity contribution >= 4 is 21.4 Å². The Morgan fingerprint density at radius 2 is 2.10 bits per heavy atom. The van der Waals surface area contributed by atoms with Crippen LogP contribution in [-0.4, -0.2) is 57.8 Å². The molecule has 1 fully saturated rings. The molecule has 1 aromatic rings. The highest BCUT2D eigenvalue weighted by Gasteiger charge is 2.16. The van der Waals surface area contributed by atoms with Crippen LogP contribution in [0, 0.1) is 0 Å². The van der Waals surface area contributed by atoms with Crippen molar-refractivity contribution in [1.29, 1.82) is 0 Å². The van der Waals surface area contributed by atoms with Crippen LogP contribution in [0.3, 0.4) is 0 Å². The van der Waals surface area contributed by atoms with Crippen molar-refractivity contribution in [2.45, 2.75) is 17.2 Å². The Balaban J connectivity index is 1.74. The zero-order valence-corrected chi connectivity index (χ0v) is 12.9. The molecule has 114 valence electrons. The first-order valence-corrected chi connectivity index (χ1v) is 8.91. The van der Waals surface area contributed by atoms with E-state index < -0.39 is 10.0 Å². The van der Waals surface area contributed by atoms with Gasteiger partial charge in [0, 0.05) is 24.5 Å². The van der Waals surface area contributed by atoms with E-state index in [9.17, 15) is 8.42 Å². The van der Waals surface area contributed by atoms with E-state index >= 15 is 0 Å². The van der Waals surface area contributed by atoms with E-state index in [2.05, 4.69) is 9.62 Å². The maximum absolute atomic E-state index is 12.0. The Kier molecular flexibility index (Phi) is 5.94. The number of sulfonamides is 1. The lowest BCUT2D eigenvalue weighted by atomic mass is 10.3. The molecule has 0 bridgehead atoms. The fraction of sp³-hybridized carbons (Fsp3) is 0.667. The molecule has 0 spiro atoms. The Bertz CT molecular complexity index is 509. The van der Waals surface area contributed by atoms with Gasteiger partial charge in [-0.15, -0.1) is 11.3 Å². The third-order valence-corrected chi connectivity index (χ3v) is 6.13. The van der Waals surface area contributed by atoms with Crippen molar-refractivity contribution in [3.05, 3.63) is 17.0 Å². The highest BCUT2D eigenvalue weighted by Crippen LogP contribution is 2.21. The zero-order valence-electron chi connectivity index (χ0n) is 11.2. The summed E-state index contributed by atoms with van der Waals surface area (Å²) in [6.45, 7) is 4.51. The van der Waals surface area contributed by atoms with E-state index in [1.807, 2.05) is 0 Å². The minimum Gasteiger partial charge on any atom is -0.391 e. The number of aliphatic hydroxyl groups is 1. The largest absolute Gasteiger partial charge is 0.391 e. The monoisotopic (exact) mass is 320 g/mol. The molecule has 0 saturated carbocycles. The second-order valence-corrected chi connectivity index (χ2v) is 7.75. The minimum atomic E-state index is -3.44. The van der Waals surface area contributed by atoms with E-state index in [1.54, 1.807) is 6.07 Å². The van der Waals surface area contributed by atoms with Crippen LogP contribution in [0.25, 0.3) is 0 Å². The molecule has 0 amide bonds. The molecule has 0 radical (unpaired) electrons. The second-order valence-electron chi connectivity index (χ2n) is 4.58. The van der Waals surface area contributed by atoms with Crippen molar-refractivity contribution in [1.82, 2.24) is 9.62 Å².